The number of hydrogen-bond donors (Lipinski definition) is 0. The maximum absolute atomic E-state index is 5.89. The third-order valence-electron chi connectivity index (χ3n) is 2.74. The van der Waals surface area contributed by atoms with E-state index in [0.29, 0.717) is 5.15 Å². The van der Waals surface area contributed by atoms with Crippen molar-refractivity contribution in [2.75, 3.05) is 13.1 Å². The maximum atomic E-state index is 5.89. The van der Waals surface area contributed by atoms with E-state index in [4.69, 9.17) is 11.6 Å². The SMILES string of the molecule is Cc1cc(Cl)nc(CN2CCC(C)C2)n1. The molecule has 0 N–H and O–H groups in total. The predicted octanol–water partition coefficient (Wildman–Crippen LogP) is 2.28. The van der Waals surface area contributed by atoms with Gasteiger partial charge in [0.15, 0.2) is 0 Å². The van der Waals surface area contributed by atoms with Gasteiger partial charge in [0.1, 0.15) is 11.0 Å². The molecular weight excluding hydrogens is 210 g/mol. The molecule has 1 unspecified atom stereocenters. The summed E-state index contributed by atoms with van der Waals surface area (Å²) in [5.41, 5.74) is 0.942. The molecule has 1 fully saturated rings. The van der Waals surface area contributed by atoms with E-state index in [-0.39, 0.29) is 0 Å². The van der Waals surface area contributed by atoms with E-state index in [9.17, 15) is 0 Å². The van der Waals surface area contributed by atoms with E-state index >= 15 is 0 Å². The molecule has 0 aliphatic carbocycles. The minimum absolute atomic E-state index is 0.546. The van der Waals surface area contributed by atoms with Crippen LogP contribution < -0.4 is 0 Å². The summed E-state index contributed by atoms with van der Waals surface area (Å²) in [4.78, 5) is 11.0. The zero-order valence-electron chi connectivity index (χ0n) is 9.20. The van der Waals surface area contributed by atoms with Crippen molar-refractivity contribution in [1.29, 1.82) is 0 Å². The Morgan fingerprint density at radius 2 is 2.33 bits per heavy atom. The van der Waals surface area contributed by atoms with Crippen LogP contribution in [0.2, 0.25) is 5.15 Å². The summed E-state index contributed by atoms with van der Waals surface area (Å²) in [5.74, 6) is 1.64. The Morgan fingerprint density at radius 3 is 2.93 bits per heavy atom. The molecule has 3 nitrogen and oxygen atoms in total. The second-order valence-corrected chi connectivity index (χ2v) is 4.76. The number of hydrogen-bond acceptors (Lipinski definition) is 3. The summed E-state index contributed by atoms with van der Waals surface area (Å²) in [6.07, 6.45) is 1.28. The lowest BCUT2D eigenvalue weighted by Crippen LogP contribution is -2.21. The first-order valence-corrected chi connectivity index (χ1v) is 5.73. The smallest absolute Gasteiger partial charge is 0.144 e. The highest BCUT2D eigenvalue weighted by Crippen LogP contribution is 2.17. The van der Waals surface area contributed by atoms with Gasteiger partial charge in [0.05, 0.1) is 6.54 Å². The first-order valence-electron chi connectivity index (χ1n) is 5.36. The molecule has 15 heavy (non-hydrogen) atoms. The molecule has 1 atom stereocenters. The van der Waals surface area contributed by atoms with Gasteiger partial charge in [-0.1, -0.05) is 18.5 Å². The minimum atomic E-state index is 0.546. The fourth-order valence-electron chi connectivity index (χ4n) is 2.03. The zero-order chi connectivity index (χ0) is 10.8. The Hall–Kier alpha value is -0.670. The van der Waals surface area contributed by atoms with Gasteiger partial charge in [-0.15, -0.1) is 0 Å². The molecular formula is C11H16ClN3. The predicted molar refractivity (Wildman–Crippen MR) is 60.8 cm³/mol. The van der Waals surface area contributed by atoms with Gasteiger partial charge in [-0.2, -0.15) is 0 Å². The van der Waals surface area contributed by atoms with E-state index in [1.54, 1.807) is 6.07 Å². The van der Waals surface area contributed by atoms with Crippen LogP contribution in [-0.2, 0) is 6.54 Å². The van der Waals surface area contributed by atoms with E-state index in [2.05, 4.69) is 21.8 Å². The Balaban J connectivity index is 2.04. The first-order chi connectivity index (χ1) is 7.13. The molecule has 2 rings (SSSR count). The fourth-order valence-corrected chi connectivity index (χ4v) is 2.28. The van der Waals surface area contributed by atoms with Crippen molar-refractivity contribution in [3.05, 3.63) is 22.7 Å². The summed E-state index contributed by atoms with van der Waals surface area (Å²) < 4.78 is 0. The number of rotatable bonds is 2. The molecule has 0 spiro atoms. The van der Waals surface area contributed by atoms with Crippen molar-refractivity contribution in [3.63, 3.8) is 0 Å². The Labute approximate surface area is 95.5 Å². The molecule has 1 aromatic heterocycles. The number of likely N-dealkylation sites (tertiary alicyclic amines) is 1. The molecule has 82 valence electrons. The van der Waals surface area contributed by atoms with Crippen LogP contribution in [0.25, 0.3) is 0 Å². The van der Waals surface area contributed by atoms with Crippen molar-refractivity contribution in [2.45, 2.75) is 26.8 Å². The van der Waals surface area contributed by atoms with Gasteiger partial charge >= 0.3 is 0 Å². The van der Waals surface area contributed by atoms with E-state index in [0.717, 1.165) is 37.1 Å². The molecule has 1 aliphatic heterocycles. The minimum Gasteiger partial charge on any atom is -0.296 e. The van der Waals surface area contributed by atoms with Crippen LogP contribution in [-0.4, -0.2) is 28.0 Å². The zero-order valence-corrected chi connectivity index (χ0v) is 9.96. The molecule has 2 heterocycles. The lowest BCUT2D eigenvalue weighted by Gasteiger charge is -2.14. The highest BCUT2D eigenvalue weighted by atomic mass is 35.5. The standard InChI is InChI=1S/C11H16ClN3/c1-8-3-4-15(6-8)7-11-13-9(2)5-10(12)14-11/h5,8H,3-4,6-7H2,1-2H3. The Kier molecular flexibility index (Phi) is 3.22. The average molecular weight is 226 g/mol. The van der Waals surface area contributed by atoms with Crippen molar-refractivity contribution >= 4 is 11.6 Å². The van der Waals surface area contributed by atoms with Crippen LogP contribution in [0.4, 0.5) is 0 Å². The average Bonchev–Trinajstić information content (AvgIpc) is 2.49. The summed E-state index contributed by atoms with van der Waals surface area (Å²) in [6, 6.07) is 1.79. The van der Waals surface area contributed by atoms with Crippen molar-refractivity contribution < 1.29 is 0 Å². The molecule has 0 saturated carbocycles. The van der Waals surface area contributed by atoms with Gasteiger partial charge in [0.2, 0.25) is 0 Å². The normalized spacial score (nSPS) is 22.2. The van der Waals surface area contributed by atoms with Gasteiger partial charge in [0.25, 0.3) is 0 Å². The van der Waals surface area contributed by atoms with Crippen molar-refractivity contribution in [2.24, 2.45) is 5.92 Å². The maximum Gasteiger partial charge on any atom is 0.144 e. The van der Waals surface area contributed by atoms with Gasteiger partial charge in [0, 0.05) is 12.2 Å². The lowest BCUT2D eigenvalue weighted by atomic mass is 10.2. The quantitative estimate of drug-likeness (QED) is 0.724. The van der Waals surface area contributed by atoms with Crippen molar-refractivity contribution in [1.82, 2.24) is 14.9 Å². The van der Waals surface area contributed by atoms with Crippen LogP contribution in [0.3, 0.4) is 0 Å². The Morgan fingerprint density at radius 1 is 1.53 bits per heavy atom. The highest BCUT2D eigenvalue weighted by Gasteiger charge is 2.19. The largest absolute Gasteiger partial charge is 0.296 e. The summed E-state index contributed by atoms with van der Waals surface area (Å²) in [5, 5.41) is 0.546. The second-order valence-electron chi connectivity index (χ2n) is 4.38. The summed E-state index contributed by atoms with van der Waals surface area (Å²) >= 11 is 5.89. The Bertz CT molecular complexity index is 333. The fraction of sp³-hybridized carbons (Fsp3) is 0.636. The molecule has 4 heteroatoms. The molecule has 0 aromatic carbocycles. The number of aromatic nitrogens is 2. The topological polar surface area (TPSA) is 29.0 Å². The van der Waals surface area contributed by atoms with Crippen LogP contribution in [0, 0.1) is 12.8 Å². The third kappa shape index (κ3) is 2.89. The van der Waals surface area contributed by atoms with E-state index in [1.165, 1.54) is 6.42 Å². The van der Waals surface area contributed by atoms with Gasteiger partial charge in [-0.05, 0) is 31.9 Å². The summed E-state index contributed by atoms with van der Waals surface area (Å²) in [7, 11) is 0. The molecule has 1 aromatic rings. The molecule has 0 bridgehead atoms. The number of nitrogens with zero attached hydrogens (tertiary/aromatic N) is 3. The third-order valence-corrected chi connectivity index (χ3v) is 2.94. The van der Waals surface area contributed by atoms with Crippen molar-refractivity contribution in [3.8, 4) is 0 Å². The first kappa shape index (κ1) is 10.8. The van der Waals surface area contributed by atoms with Crippen LogP contribution in [0.1, 0.15) is 24.9 Å². The molecule has 1 saturated heterocycles. The van der Waals surface area contributed by atoms with E-state index < -0.39 is 0 Å². The van der Waals surface area contributed by atoms with Crippen LogP contribution >= 0.6 is 11.6 Å². The molecule has 1 aliphatic rings. The monoisotopic (exact) mass is 225 g/mol. The highest BCUT2D eigenvalue weighted by molar-refractivity contribution is 6.29. The van der Waals surface area contributed by atoms with Gasteiger partial charge in [-0.25, -0.2) is 9.97 Å². The number of aryl methyl sites for hydroxylation is 1. The van der Waals surface area contributed by atoms with Gasteiger partial charge in [-0.3, -0.25) is 4.90 Å². The number of halogens is 1. The van der Waals surface area contributed by atoms with Gasteiger partial charge < -0.3 is 0 Å². The molecule has 0 radical (unpaired) electrons. The van der Waals surface area contributed by atoms with Crippen LogP contribution in [0.5, 0.6) is 0 Å². The van der Waals surface area contributed by atoms with Crippen LogP contribution in [0.15, 0.2) is 6.07 Å². The summed E-state index contributed by atoms with van der Waals surface area (Å²) in [6.45, 7) is 7.35. The van der Waals surface area contributed by atoms with E-state index in [1.807, 2.05) is 6.92 Å². The molecule has 0 amide bonds. The lowest BCUT2D eigenvalue weighted by molar-refractivity contribution is 0.311. The second kappa shape index (κ2) is 4.45.